The molecule has 1 atom stereocenters. The lowest BCUT2D eigenvalue weighted by Crippen LogP contribution is -2.12. The van der Waals surface area contributed by atoms with E-state index in [2.05, 4.69) is 40.3 Å². The smallest absolute Gasteiger partial charge is 0.340 e. The number of nitrogens with one attached hydrogen (secondary N) is 1. The first-order valence-electron chi connectivity index (χ1n) is 6.90. The maximum atomic E-state index is 12.0. The van der Waals surface area contributed by atoms with Gasteiger partial charge in [0.15, 0.2) is 0 Å². The number of anilines is 1. The molecule has 0 aliphatic rings. The Morgan fingerprint density at radius 2 is 1.95 bits per heavy atom. The molecule has 0 unspecified atom stereocenters. The van der Waals surface area contributed by atoms with Crippen LogP contribution in [0, 0.1) is 0 Å². The molecule has 0 bridgehead atoms. The molecule has 0 aromatic heterocycles. The fourth-order valence-corrected chi connectivity index (χ4v) is 2.51. The van der Waals surface area contributed by atoms with Crippen molar-refractivity contribution in [1.82, 2.24) is 0 Å². The molecule has 0 radical (unpaired) electrons. The van der Waals surface area contributed by atoms with Gasteiger partial charge in [0.05, 0.1) is 12.2 Å². The molecule has 3 nitrogen and oxygen atoms in total. The van der Waals surface area contributed by atoms with Gasteiger partial charge < -0.3 is 10.1 Å². The zero-order valence-corrected chi connectivity index (χ0v) is 14.9. The molecule has 1 N–H and O–H groups in total. The number of hydrogen-bond acceptors (Lipinski definition) is 3. The fourth-order valence-electron chi connectivity index (χ4n) is 2.09. The second kappa shape index (κ2) is 8.81. The van der Waals surface area contributed by atoms with E-state index in [1.807, 2.05) is 30.3 Å². The van der Waals surface area contributed by atoms with Crippen LogP contribution in [0.4, 0.5) is 5.69 Å². The standard InChI is InChI=1S/C17H18BrNO2.ClH/c1-3-21-17(20)15-9-4-5-10-16(15)19-12(2)13-7-6-8-14(18)11-13;/h4-12,19H,3H2,1-2H3;1H/t12-;/m0./s1. The first-order valence-corrected chi connectivity index (χ1v) is 7.69. The molecule has 22 heavy (non-hydrogen) atoms. The Labute approximate surface area is 145 Å². The van der Waals surface area contributed by atoms with Gasteiger partial charge in [-0.3, -0.25) is 0 Å². The Bertz CT molecular complexity index is 634. The van der Waals surface area contributed by atoms with E-state index in [1.165, 1.54) is 0 Å². The maximum Gasteiger partial charge on any atom is 0.340 e. The highest BCUT2D eigenvalue weighted by Gasteiger charge is 2.14. The third-order valence-electron chi connectivity index (χ3n) is 3.14. The van der Waals surface area contributed by atoms with Gasteiger partial charge in [0, 0.05) is 16.2 Å². The van der Waals surface area contributed by atoms with Crippen molar-refractivity contribution in [1.29, 1.82) is 0 Å². The molecular formula is C17H19BrClNO2. The minimum Gasteiger partial charge on any atom is -0.462 e. The lowest BCUT2D eigenvalue weighted by molar-refractivity contribution is 0.0527. The molecule has 0 saturated heterocycles. The average Bonchev–Trinajstić information content (AvgIpc) is 2.48. The van der Waals surface area contributed by atoms with Gasteiger partial charge in [0.25, 0.3) is 0 Å². The molecule has 0 amide bonds. The van der Waals surface area contributed by atoms with Crippen LogP contribution in [0.3, 0.4) is 0 Å². The van der Waals surface area contributed by atoms with Crippen molar-refractivity contribution in [3.8, 4) is 0 Å². The van der Waals surface area contributed by atoms with Gasteiger partial charge in [-0.1, -0.05) is 40.2 Å². The van der Waals surface area contributed by atoms with Crippen molar-refractivity contribution >= 4 is 40.0 Å². The summed E-state index contributed by atoms with van der Waals surface area (Å²) >= 11 is 3.47. The maximum absolute atomic E-state index is 12.0. The lowest BCUT2D eigenvalue weighted by atomic mass is 10.1. The number of carbonyl (C=O) groups excluding carboxylic acids is 1. The van der Waals surface area contributed by atoms with Crippen LogP contribution in [0.1, 0.15) is 35.8 Å². The highest BCUT2D eigenvalue weighted by molar-refractivity contribution is 9.10. The fraction of sp³-hybridized carbons (Fsp3) is 0.235. The first-order chi connectivity index (χ1) is 10.1. The molecule has 2 aromatic carbocycles. The third-order valence-corrected chi connectivity index (χ3v) is 3.64. The SMILES string of the molecule is CCOC(=O)c1ccccc1N[C@@H](C)c1cccc(Br)c1.Cl. The second-order valence-corrected chi connectivity index (χ2v) is 5.60. The van der Waals surface area contributed by atoms with Crippen LogP contribution in [0.5, 0.6) is 0 Å². The van der Waals surface area contributed by atoms with E-state index in [4.69, 9.17) is 4.74 Å². The number of carbonyl (C=O) groups is 1. The van der Waals surface area contributed by atoms with Gasteiger partial charge in [0.2, 0.25) is 0 Å². The zero-order chi connectivity index (χ0) is 15.2. The van der Waals surface area contributed by atoms with Crippen molar-refractivity contribution in [2.75, 3.05) is 11.9 Å². The van der Waals surface area contributed by atoms with Crippen LogP contribution >= 0.6 is 28.3 Å². The number of para-hydroxylation sites is 1. The normalized spacial score (nSPS) is 11.2. The Morgan fingerprint density at radius 1 is 1.23 bits per heavy atom. The van der Waals surface area contributed by atoms with Crippen molar-refractivity contribution < 1.29 is 9.53 Å². The van der Waals surface area contributed by atoms with E-state index in [1.54, 1.807) is 13.0 Å². The summed E-state index contributed by atoms with van der Waals surface area (Å²) in [6.07, 6.45) is 0. The van der Waals surface area contributed by atoms with E-state index in [9.17, 15) is 4.79 Å². The topological polar surface area (TPSA) is 38.3 Å². The Morgan fingerprint density at radius 3 is 2.64 bits per heavy atom. The molecule has 0 saturated carbocycles. The van der Waals surface area contributed by atoms with Crippen molar-refractivity contribution in [3.63, 3.8) is 0 Å². The molecule has 118 valence electrons. The van der Waals surface area contributed by atoms with E-state index in [-0.39, 0.29) is 24.4 Å². The molecule has 0 fully saturated rings. The first kappa shape index (κ1) is 18.5. The van der Waals surface area contributed by atoms with Crippen LogP contribution in [-0.2, 0) is 4.74 Å². The van der Waals surface area contributed by atoms with Gasteiger partial charge in [0.1, 0.15) is 0 Å². The van der Waals surface area contributed by atoms with E-state index < -0.39 is 0 Å². The van der Waals surface area contributed by atoms with Gasteiger partial charge in [-0.25, -0.2) is 4.79 Å². The molecular weight excluding hydrogens is 366 g/mol. The van der Waals surface area contributed by atoms with Crippen LogP contribution in [-0.4, -0.2) is 12.6 Å². The minimum absolute atomic E-state index is 0. The zero-order valence-electron chi connectivity index (χ0n) is 12.5. The van der Waals surface area contributed by atoms with Gasteiger partial charge >= 0.3 is 5.97 Å². The summed E-state index contributed by atoms with van der Waals surface area (Å²) in [4.78, 5) is 12.0. The van der Waals surface area contributed by atoms with Crippen LogP contribution in [0.2, 0.25) is 0 Å². The average molecular weight is 385 g/mol. The molecule has 2 rings (SSSR count). The summed E-state index contributed by atoms with van der Waals surface area (Å²) in [5, 5.41) is 3.37. The number of halogens is 2. The lowest BCUT2D eigenvalue weighted by Gasteiger charge is -2.18. The van der Waals surface area contributed by atoms with Crippen molar-refractivity contribution in [2.45, 2.75) is 19.9 Å². The number of hydrogen-bond donors (Lipinski definition) is 1. The van der Waals surface area contributed by atoms with Crippen LogP contribution in [0.25, 0.3) is 0 Å². The van der Waals surface area contributed by atoms with Gasteiger partial charge in [-0.2, -0.15) is 0 Å². The highest BCUT2D eigenvalue weighted by Crippen LogP contribution is 2.24. The number of rotatable bonds is 5. The van der Waals surface area contributed by atoms with Crippen molar-refractivity contribution in [3.05, 3.63) is 64.1 Å². The molecule has 0 heterocycles. The van der Waals surface area contributed by atoms with Gasteiger partial charge in [-0.05, 0) is 43.7 Å². The Kier molecular flexibility index (Phi) is 7.42. The summed E-state index contributed by atoms with van der Waals surface area (Å²) in [5.41, 5.74) is 2.48. The van der Waals surface area contributed by atoms with E-state index >= 15 is 0 Å². The molecule has 0 aliphatic heterocycles. The predicted octanol–water partition coefficient (Wildman–Crippen LogP) is 5.22. The third kappa shape index (κ3) is 4.75. The number of esters is 1. The molecule has 0 spiro atoms. The minimum atomic E-state index is -0.304. The van der Waals surface area contributed by atoms with Crippen molar-refractivity contribution in [2.24, 2.45) is 0 Å². The number of benzene rings is 2. The number of ether oxygens (including phenoxy) is 1. The summed E-state index contributed by atoms with van der Waals surface area (Å²) in [6, 6.07) is 15.6. The van der Waals surface area contributed by atoms with Gasteiger partial charge in [-0.15, -0.1) is 12.4 Å². The Hall–Kier alpha value is -1.52. The predicted molar refractivity (Wildman–Crippen MR) is 95.8 cm³/mol. The summed E-state index contributed by atoms with van der Waals surface area (Å²) in [7, 11) is 0. The van der Waals surface area contributed by atoms with Crippen LogP contribution < -0.4 is 5.32 Å². The quantitative estimate of drug-likeness (QED) is 0.718. The largest absolute Gasteiger partial charge is 0.462 e. The van der Waals surface area contributed by atoms with E-state index in [0.29, 0.717) is 12.2 Å². The second-order valence-electron chi connectivity index (χ2n) is 4.69. The molecule has 0 aliphatic carbocycles. The summed E-state index contributed by atoms with van der Waals surface area (Å²) in [5.74, 6) is -0.304. The molecule has 2 aromatic rings. The summed E-state index contributed by atoms with van der Waals surface area (Å²) in [6.45, 7) is 4.23. The highest BCUT2D eigenvalue weighted by atomic mass is 79.9. The molecule has 5 heteroatoms. The Balaban J connectivity index is 0.00000242. The van der Waals surface area contributed by atoms with Crippen LogP contribution in [0.15, 0.2) is 53.0 Å². The monoisotopic (exact) mass is 383 g/mol. The van der Waals surface area contributed by atoms with E-state index in [0.717, 1.165) is 15.7 Å². The summed E-state index contributed by atoms with van der Waals surface area (Å²) < 4.78 is 6.12.